The third-order valence-electron chi connectivity index (χ3n) is 7.21. The van der Waals surface area contributed by atoms with Gasteiger partial charge in [0.2, 0.25) is 0 Å². The number of nitrogen functional groups attached to an aromatic ring is 1. The number of rotatable bonds is 7. The Balaban J connectivity index is 1.48. The maximum atomic E-state index is 13.8. The van der Waals surface area contributed by atoms with Gasteiger partial charge >= 0.3 is 0 Å². The van der Waals surface area contributed by atoms with Crippen molar-refractivity contribution in [2.75, 3.05) is 5.73 Å². The Labute approximate surface area is 233 Å². The summed E-state index contributed by atoms with van der Waals surface area (Å²) in [5.74, 6) is 0.136. The van der Waals surface area contributed by atoms with E-state index in [2.05, 4.69) is 17.4 Å². The standard InChI is InChI=1S/C31H31Cl2N3O2/c1-20-28(31(37)35-25-12-6-8-14-27(25)38-19-21-9-3-2-4-10-21)30(34)36(26-13-7-5-11-24(26)33)29(20)22-15-17-23(32)18-16-22/h2-5,7,9-11,13,15-18,25,27H,6,8,12,14,19,34H2,1H3,(H,35,37)/t25-,27-/m1/s1. The van der Waals surface area contributed by atoms with Crippen molar-refractivity contribution in [3.8, 4) is 16.9 Å². The number of anilines is 1. The summed E-state index contributed by atoms with van der Waals surface area (Å²) in [4.78, 5) is 13.8. The van der Waals surface area contributed by atoms with Crippen LogP contribution < -0.4 is 11.1 Å². The molecule has 1 amide bonds. The van der Waals surface area contributed by atoms with Gasteiger partial charge in [0.05, 0.1) is 40.7 Å². The second kappa shape index (κ2) is 11.6. The molecule has 0 saturated heterocycles. The molecule has 3 N–H and O–H groups in total. The summed E-state index contributed by atoms with van der Waals surface area (Å²) in [5, 5.41) is 4.43. The van der Waals surface area contributed by atoms with E-state index < -0.39 is 0 Å². The molecule has 2 atom stereocenters. The number of aromatic nitrogens is 1. The molecule has 0 unspecified atom stereocenters. The van der Waals surface area contributed by atoms with Crippen molar-refractivity contribution < 1.29 is 9.53 Å². The van der Waals surface area contributed by atoms with Crippen LogP contribution in [0.25, 0.3) is 16.9 Å². The van der Waals surface area contributed by atoms with Crippen molar-refractivity contribution >= 4 is 34.9 Å². The zero-order valence-electron chi connectivity index (χ0n) is 21.3. The van der Waals surface area contributed by atoms with Gasteiger partial charge in [0.1, 0.15) is 5.82 Å². The highest BCUT2D eigenvalue weighted by Crippen LogP contribution is 2.38. The highest BCUT2D eigenvalue weighted by atomic mass is 35.5. The number of amides is 1. The number of carbonyl (C=O) groups is 1. The van der Waals surface area contributed by atoms with Crippen LogP contribution in [0.4, 0.5) is 5.82 Å². The fourth-order valence-electron chi connectivity index (χ4n) is 5.31. The predicted molar refractivity (Wildman–Crippen MR) is 155 cm³/mol. The molecule has 1 aromatic heterocycles. The Morgan fingerprint density at radius 3 is 2.39 bits per heavy atom. The molecule has 196 valence electrons. The first-order valence-electron chi connectivity index (χ1n) is 12.9. The molecule has 1 aliphatic rings. The van der Waals surface area contributed by atoms with Crippen LogP contribution in [0, 0.1) is 6.92 Å². The Morgan fingerprint density at radius 2 is 1.66 bits per heavy atom. The van der Waals surface area contributed by atoms with E-state index in [0.29, 0.717) is 33.7 Å². The number of carbonyl (C=O) groups excluding carboxylic acids is 1. The predicted octanol–water partition coefficient (Wildman–Crippen LogP) is 7.60. The largest absolute Gasteiger partial charge is 0.384 e. The monoisotopic (exact) mass is 547 g/mol. The van der Waals surface area contributed by atoms with E-state index in [1.54, 1.807) is 0 Å². The minimum atomic E-state index is -0.207. The molecule has 0 aliphatic heterocycles. The maximum absolute atomic E-state index is 13.8. The van der Waals surface area contributed by atoms with Crippen molar-refractivity contribution in [2.24, 2.45) is 0 Å². The van der Waals surface area contributed by atoms with Crippen molar-refractivity contribution in [1.29, 1.82) is 0 Å². The van der Waals surface area contributed by atoms with Crippen LogP contribution in [0.5, 0.6) is 0 Å². The fraction of sp³-hybridized carbons (Fsp3) is 0.258. The van der Waals surface area contributed by atoms with Gasteiger partial charge in [-0.1, -0.05) is 90.6 Å². The van der Waals surface area contributed by atoms with Gasteiger partial charge in [-0.2, -0.15) is 0 Å². The number of nitrogens with zero attached hydrogens (tertiary/aromatic N) is 1. The van der Waals surface area contributed by atoms with Crippen LogP contribution in [0.15, 0.2) is 78.9 Å². The van der Waals surface area contributed by atoms with Gasteiger partial charge in [-0.05, 0) is 60.7 Å². The number of halogens is 2. The molecule has 3 aromatic carbocycles. The minimum Gasteiger partial charge on any atom is -0.384 e. The van der Waals surface area contributed by atoms with Crippen LogP contribution in [-0.4, -0.2) is 22.6 Å². The summed E-state index contributed by atoms with van der Waals surface area (Å²) in [7, 11) is 0. The van der Waals surface area contributed by atoms with Crippen LogP contribution in [0.2, 0.25) is 10.0 Å². The molecular formula is C31H31Cl2N3O2. The van der Waals surface area contributed by atoms with Gasteiger partial charge in [-0.15, -0.1) is 0 Å². The first-order valence-corrected chi connectivity index (χ1v) is 13.7. The second-order valence-electron chi connectivity index (χ2n) is 9.73. The SMILES string of the molecule is Cc1c(C(=O)N[C@@H]2CCCC[C@H]2OCc2ccccc2)c(N)n(-c2ccccc2Cl)c1-c1ccc(Cl)cc1. The summed E-state index contributed by atoms with van der Waals surface area (Å²) >= 11 is 12.8. The average Bonchev–Trinajstić information content (AvgIpc) is 3.19. The summed E-state index contributed by atoms with van der Waals surface area (Å²) in [6.07, 6.45) is 3.83. The molecule has 4 aromatic rings. The van der Waals surface area contributed by atoms with Gasteiger partial charge in [-0.3, -0.25) is 9.36 Å². The quantitative estimate of drug-likeness (QED) is 0.250. The first kappa shape index (κ1) is 26.4. The van der Waals surface area contributed by atoms with Crippen LogP contribution in [0.3, 0.4) is 0 Å². The van der Waals surface area contributed by atoms with Gasteiger partial charge < -0.3 is 15.8 Å². The summed E-state index contributed by atoms with van der Waals surface area (Å²) < 4.78 is 8.15. The Morgan fingerprint density at radius 1 is 0.974 bits per heavy atom. The molecule has 1 fully saturated rings. The lowest BCUT2D eigenvalue weighted by atomic mass is 9.92. The zero-order chi connectivity index (χ0) is 26.6. The Kier molecular flexibility index (Phi) is 8.08. The highest BCUT2D eigenvalue weighted by molar-refractivity contribution is 6.32. The molecular weight excluding hydrogens is 517 g/mol. The van der Waals surface area contributed by atoms with Crippen molar-refractivity contribution in [3.63, 3.8) is 0 Å². The number of ether oxygens (including phenoxy) is 1. The van der Waals surface area contributed by atoms with Crippen LogP contribution in [0.1, 0.15) is 47.2 Å². The van der Waals surface area contributed by atoms with Gasteiger partial charge in [0, 0.05) is 5.02 Å². The number of para-hydroxylation sites is 1. The average molecular weight is 549 g/mol. The number of hydrogen-bond acceptors (Lipinski definition) is 3. The Bertz CT molecular complexity index is 1420. The van der Waals surface area contributed by atoms with E-state index in [1.165, 1.54) is 0 Å². The third-order valence-corrected chi connectivity index (χ3v) is 7.79. The molecule has 1 aliphatic carbocycles. The van der Waals surface area contributed by atoms with E-state index in [1.807, 2.05) is 78.2 Å². The molecule has 0 radical (unpaired) electrons. The molecule has 38 heavy (non-hydrogen) atoms. The molecule has 5 rings (SSSR count). The second-order valence-corrected chi connectivity index (χ2v) is 10.6. The lowest BCUT2D eigenvalue weighted by Crippen LogP contribution is -2.46. The van der Waals surface area contributed by atoms with E-state index in [-0.39, 0.29) is 18.1 Å². The topological polar surface area (TPSA) is 69.3 Å². The molecule has 7 heteroatoms. The fourth-order valence-corrected chi connectivity index (χ4v) is 5.66. The van der Waals surface area contributed by atoms with Gasteiger partial charge in [-0.25, -0.2) is 0 Å². The lowest BCUT2D eigenvalue weighted by Gasteiger charge is -2.32. The smallest absolute Gasteiger partial charge is 0.255 e. The van der Waals surface area contributed by atoms with Crippen molar-refractivity contribution in [2.45, 2.75) is 51.4 Å². The summed E-state index contributed by atoms with van der Waals surface area (Å²) in [6.45, 7) is 2.44. The van der Waals surface area contributed by atoms with E-state index >= 15 is 0 Å². The molecule has 1 saturated carbocycles. The number of benzene rings is 3. The van der Waals surface area contributed by atoms with Crippen LogP contribution in [-0.2, 0) is 11.3 Å². The highest BCUT2D eigenvalue weighted by Gasteiger charge is 2.31. The third kappa shape index (κ3) is 5.46. The number of nitrogens with one attached hydrogen (secondary N) is 1. The van der Waals surface area contributed by atoms with Crippen molar-refractivity contribution in [1.82, 2.24) is 9.88 Å². The summed E-state index contributed by atoms with van der Waals surface area (Å²) in [6, 6.07) is 25.0. The minimum absolute atomic E-state index is 0.0594. The number of nitrogens with two attached hydrogens (primary N) is 1. The lowest BCUT2D eigenvalue weighted by molar-refractivity contribution is -0.00461. The summed E-state index contributed by atoms with van der Waals surface area (Å²) in [5.41, 5.74) is 11.5. The zero-order valence-corrected chi connectivity index (χ0v) is 22.8. The number of hydrogen-bond donors (Lipinski definition) is 2. The maximum Gasteiger partial charge on any atom is 0.255 e. The Hall–Kier alpha value is -3.25. The van der Waals surface area contributed by atoms with Crippen molar-refractivity contribution in [3.05, 3.63) is 106 Å². The van der Waals surface area contributed by atoms with E-state index in [4.69, 9.17) is 33.7 Å². The molecule has 0 spiro atoms. The molecule has 1 heterocycles. The van der Waals surface area contributed by atoms with Gasteiger partial charge in [0.15, 0.2) is 0 Å². The van der Waals surface area contributed by atoms with E-state index in [0.717, 1.165) is 48.1 Å². The first-order chi connectivity index (χ1) is 18.4. The van der Waals surface area contributed by atoms with Crippen LogP contribution >= 0.6 is 23.2 Å². The molecule has 0 bridgehead atoms. The van der Waals surface area contributed by atoms with E-state index in [9.17, 15) is 4.79 Å². The normalized spacial score (nSPS) is 17.3. The van der Waals surface area contributed by atoms with Gasteiger partial charge in [0.25, 0.3) is 5.91 Å². The molecule has 5 nitrogen and oxygen atoms in total.